The minimum absolute atomic E-state index is 0.0529. The topological polar surface area (TPSA) is 67.9 Å². The van der Waals surface area contributed by atoms with E-state index >= 15 is 0 Å². The highest BCUT2D eigenvalue weighted by Gasteiger charge is 2.38. The van der Waals surface area contributed by atoms with Crippen molar-refractivity contribution < 1.29 is 19.1 Å². The van der Waals surface area contributed by atoms with Gasteiger partial charge in [0.1, 0.15) is 11.7 Å². The van der Waals surface area contributed by atoms with E-state index in [0.717, 1.165) is 12.0 Å². The Morgan fingerprint density at radius 2 is 2.07 bits per heavy atom. The highest BCUT2D eigenvalue weighted by atomic mass is 16.6. The van der Waals surface area contributed by atoms with Gasteiger partial charge in [-0.15, -0.1) is 6.58 Å². The second-order valence-electron chi connectivity index (χ2n) is 8.06. The molecule has 0 bridgehead atoms. The summed E-state index contributed by atoms with van der Waals surface area (Å²) < 4.78 is 11.0. The molecular formula is C21H28N2O4. The molecule has 2 aliphatic rings. The monoisotopic (exact) mass is 372 g/mol. The lowest BCUT2D eigenvalue weighted by molar-refractivity contribution is -0.143. The number of hydrogen-bond acceptors (Lipinski definition) is 4. The first-order valence-corrected chi connectivity index (χ1v) is 9.40. The SMILES string of the molecule is C=C[C@H]1c2ccccc2CCN1C(=O)[C@H]1C[C@H](NC(=O)OC(C)(C)C)CO1. The molecule has 146 valence electrons. The van der Waals surface area contributed by atoms with Crippen LogP contribution in [-0.2, 0) is 20.7 Å². The minimum Gasteiger partial charge on any atom is -0.444 e. The molecular weight excluding hydrogens is 344 g/mol. The largest absolute Gasteiger partial charge is 0.444 e. The van der Waals surface area contributed by atoms with Crippen LogP contribution < -0.4 is 5.32 Å². The predicted molar refractivity (Wildman–Crippen MR) is 102 cm³/mol. The third-order valence-corrected chi connectivity index (χ3v) is 4.83. The molecule has 0 spiro atoms. The van der Waals surface area contributed by atoms with Gasteiger partial charge in [-0.3, -0.25) is 4.79 Å². The van der Waals surface area contributed by atoms with E-state index in [0.29, 0.717) is 19.6 Å². The summed E-state index contributed by atoms with van der Waals surface area (Å²) in [4.78, 5) is 26.8. The van der Waals surface area contributed by atoms with Crippen LogP contribution in [0.15, 0.2) is 36.9 Å². The van der Waals surface area contributed by atoms with Gasteiger partial charge in [0.25, 0.3) is 5.91 Å². The van der Waals surface area contributed by atoms with Crippen LogP contribution in [0.4, 0.5) is 4.79 Å². The number of fused-ring (bicyclic) bond motifs is 1. The van der Waals surface area contributed by atoms with Gasteiger partial charge in [0.05, 0.1) is 18.7 Å². The predicted octanol–water partition coefficient (Wildman–Crippen LogP) is 2.98. The standard InChI is InChI=1S/C21H28N2O4/c1-5-17-16-9-7-6-8-14(16)10-11-23(17)19(24)18-12-15(13-26-18)22-20(25)27-21(2,3)4/h5-9,15,17-18H,1,10-13H2,2-4H3,(H,22,25)/t15-,17-,18+/m0/s1. The Balaban J connectivity index is 1.62. The first-order valence-electron chi connectivity index (χ1n) is 9.40. The Morgan fingerprint density at radius 3 is 2.78 bits per heavy atom. The molecule has 6 nitrogen and oxygen atoms in total. The summed E-state index contributed by atoms with van der Waals surface area (Å²) in [5.74, 6) is -0.0529. The van der Waals surface area contributed by atoms with Crippen molar-refractivity contribution in [3.63, 3.8) is 0 Å². The highest BCUT2D eigenvalue weighted by Crippen LogP contribution is 2.32. The lowest BCUT2D eigenvalue weighted by atomic mass is 9.92. The molecule has 6 heteroatoms. The molecule has 0 aromatic heterocycles. The minimum atomic E-state index is -0.558. The molecule has 1 fully saturated rings. The molecule has 2 heterocycles. The van der Waals surface area contributed by atoms with Crippen LogP contribution in [0.3, 0.4) is 0 Å². The van der Waals surface area contributed by atoms with Crippen molar-refractivity contribution in [3.05, 3.63) is 48.0 Å². The molecule has 1 aromatic rings. The van der Waals surface area contributed by atoms with Crippen molar-refractivity contribution in [1.82, 2.24) is 10.2 Å². The number of carbonyl (C=O) groups is 2. The lowest BCUT2D eigenvalue weighted by Gasteiger charge is -2.37. The molecule has 0 saturated carbocycles. The van der Waals surface area contributed by atoms with Crippen LogP contribution in [0.5, 0.6) is 0 Å². The Hall–Kier alpha value is -2.34. The normalized spacial score (nSPS) is 24.9. The smallest absolute Gasteiger partial charge is 0.407 e. The van der Waals surface area contributed by atoms with Gasteiger partial charge in [-0.1, -0.05) is 30.3 Å². The summed E-state index contributed by atoms with van der Waals surface area (Å²) in [6.45, 7) is 10.3. The van der Waals surface area contributed by atoms with Gasteiger partial charge in [0, 0.05) is 13.0 Å². The van der Waals surface area contributed by atoms with Gasteiger partial charge in [0.15, 0.2) is 0 Å². The zero-order valence-electron chi connectivity index (χ0n) is 16.2. The maximum Gasteiger partial charge on any atom is 0.407 e. The molecule has 1 aromatic carbocycles. The highest BCUT2D eigenvalue weighted by molar-refractivity contribution is 5.82. The second kappa shape index (κ2) is 7.72. The molecule has 2 amide bonds. The summed E-state index contributed by atoms with van der Waals surface area (Å²) in [5, 5.41) is 2.79. The van der Waals surface area contributed by atoms with Crippen molar-refractivity contribution in [1.29, 1.82) is 0 Å². The third kappa shape index (κ3) is 4.50. The fourth-order valence-electron chi connectivity index (χ4n) is 3.66. The molecule has 3 atom stereocenters. The molecule has 0 unspecified atom stereocenters. The summed E-state index contributed by atoms with van der Waals surface area (Å²) in [5.41, 5.74) is 1.81. The van der Waals surface area contributed by atoms with Crippen molar-refractivity contribution in [3.8, 4) is 0 Å². The Kier molecular flexibility index (Phi) is 5.56. The van der Waals surface area contributed by atoms with E-state index in [4.69, 9.17) is 9.47 Å². The van der Waals surface area contributed by atoms with Crippen molar-refractivity contribution in [2.45, 2.75) is 57.4 Å². The van der Waals surface area contributed by atoms with Gasteiger partial charge >= 0.3 is 6.09 Å². The zero-order valence-corrected chi connectivity index (χ0v) is 16.2. The Morgan fingerprint density at radius 1 is 1.33 bits per heavy atom. The van der Waals surface area contributed by atoms with Gasteiger partial charge in [-0.2, -0.15) is 0 Å². The molecule has 1 N–H and O–H groups in total. The Labute approximate surface area is 160 Å². The maximum absolute atomic E-state index is 13.0. The number of hydrogen-bond donors (Lipinski definition) is 1. The van der Waals surface area contributed by atoms with Crippen LogP contribution in [0.1, 0.15) is 44.4 Å². The van der Waals surface area contributed by atoms with Crippen LogP contribution in [0.25, 0.3) is 0 Å². The average Bonchev–Trinajstić information content (AvgIpc) is 3.06. The number of nitrogens with zero attached hydrogens (tertiary/aromatic N) is 1. The van der Waals surface area contributed by atoms with Crippen molar-refractivity contribution in [2.75, 3.05) is 13.2 Å². The summed E-state index contributed by atoms with van der Waals surface area (Å²) in [6.07, 6.45) is 2.03. The number of carbonyl (C=O) groups excluding carboxylic acids is 2. The molecule has 0 aliphatic carbocycles. The third-order valence-electron chi connectivity index (χ3n) is 4.83. The quantitative estimate of drug-likeness (QED) is 0.829. The number of amides is 2. The Bertz CT molecular complexity index is 725. The number of nitrogens with one attached hydrogen (secondary N) is 1. The first-order chi connectivity index (χ1) is 12.8. The van der Waals surface area contributed by atoms with E-state index in [-0.39, 0.29) is 18.0 Å². The van der Waals surface area contributed by atoms with E-state index in [1.165, 1.54) is 5.56 Å². The summed E-state index contributed by atoms with van der Waals surface area (Å²) in [7, 11) is 0. The van der Waals surface area contributed by atoms with Crippen LogP contribution in [0, 0.1) is 0 Å². The van der Waals surface area contributed by atoms with Gasteiger partial charge in [-0.25, -0.2) is 4.79 Å². The number of rotatable bonds is 3. The van der Waals surface area contributed by atoms with Gasteiger partial charge in [-0.05, 0) is 38.3 Å². The van der Waals surface area contributed by atoms with Crippen molar-refractivity contribution in [2.24, 2.45) is 0 Å². The van der Waals surface area contributed by atoms with Crippen LogP contribution >= 0.6 is 0 Å². The van der Waals surface area contributed by atoms with Crippen LogP contribution in [0.2, 0.25) is 0 Å². The number of alkyl carbamates (subject to hydrolysis) is 1. The molecule has 0 radical (unpaired) electrons. The number of benzene rings is 1. The van der Waals surface area contributed by atoms with E-state index < -0.39 is 17.8 Å². The van der Waals surface area contributed by atoms with E-state index in [1.807, 2.05) is 43.9 Å². The maximum atomic E-state index is 13.0. The van der Waals surface area contributed by atoms with Crippen LogP contribution in [-0.4, -0.2) is 47.8 Å². The second-order valence-corrected chi connectivity index (χ2v) is 8.06. The van der Waals surface area contributed by atoms with Gasteiger partial charge < -0.3 is 19.7 Å². The van der Waals surface area contributed by atoms with Crippen molar-refractivity contribution >= 4 is 12.0 Å². The molecule has 3 rings (SSSR count). The molecule has 27 heavy (non-hydrogen) atoms. The summed E-state index contributed by atoms with van der Waals surface area (Å²) in [6, 6.07) is 7.76. The zero-order chi connectivity index (χ0) is 19.6. The van der Waals surface area contributed by atoms with E-state index in [1.54, 1.807) is 6.08 Å². The van der Waals surface area contributed by atoms with E-state index in [2.05, 4.69) is 18.0 Å². The molecule has 2 aliphatic heterocycles. The summed E-state index contributed by atoms with van der Waals surface area (Å²) >= 11 is 0. The van der Waals surface area contributed by atoms with Gasteiger partial charge in [0.2, 0.25) is 0 Å². The molecule has 1 saturated heterocycles. The fraction of sp³-hybridized carbons (Fsp3) is 0.524. The fourth-order valence-corrected chi connectivity index (χ4v) is 3.66. The average molecular weight is 372 g/mol. The lowest BCUT2D eigenvalue weighted by Crippen LogP contribution is -2.45. The first kappa shape index (κ1) is 19.4. The number of ether oxygens (including phenoxy) is 2. The van der Waals surface area contributed by atoms with E-state index in [9.17, 15) is 9.59 Å².